The van der Waals surface area contributed by atoms with Gasteiger partial charge in [-0.2, -0.15) is 0 Å². The van der Waals surface area contributed by atoms with Crippen LogP contribution in [0.1, 0.15) is 5.56 Å². The summed E-state index contributed by atoms with van der Waals surface area (Å²) >= 11 is 0.761. The molecule has 0 radical (unpaired) electrons. The Hall–Kier alpha value is -1.82. The van der Waals surface area contributed by atoms with E-state index in [4.69, 9.17) is 4.42 Å². The molecule has 0 spiro atoms. The molecule has 6 heteroatoms. The Morgan fingerprint density at radius 1 is 1.29 bits per heavy atom. The van der Waals surface area contributed by atoms with Crippen molar-refractivity contribution in [2.75, 3.05) is 7.11 Å². The quantitative estimate of drug-likeness (QED) is 0.603. The van der Waals surface area contributed by atoms with Crippen molar-refractivity contribution in [2.45, 2.75) is 12.1 Å². The molecule has 0 aliphatic rings. The van der Waals surface area contributed by atoms with E-state index in [0.717, 1.165) is 22.9 Å². The summed E-state index contributed by atoms with van der Waals surface area (Å²) in [7, 11) is 1.30. The normalized spacial score (nSPS) is 10.2. The van der Waals surface area contributed by atoms with E-state index in [-0.39, 0.29) is 5.22 Å². The maximum absolute atomic E-state index is 11.0. The summed E-state index contributed by atoms with van der Waals surface area (Å²) in [6, 6.07) is 7.67. The number of aromatic nitrogens is 2. The number of hydrogen-bond acceptors (Lipinski definition) is 6. The van der Waals surface area contributed by atoms with Gasteiger partial charge in [0.15, 0.2) is 0 Å². The van der Waals surface area contributed by atoms with Gasteiger partial charge in [0.1, 0.15) is 0 Å². The van der Waals surface area contributed by atoms with Gasteiger partial charge in [0, 0.05) is 5.56 Å². The SMILES string of the molecule is COC(=O)Sc1nnc(-c2ccc(C)cc2)o1. The lowest BCUT2D eigenvalue weighted by Crippen LogP contribution is -1.89. The van der Waals surface area contributed by atoms with Crippen LogP contribution >= 0.6 is 11.8 Å². The van der Waals surface area contributed by atoms with Crippen molar-refractivity contribution in [1.82, 2.24) is 10.2 Å². The molecule has 0 saturated carbocycles. The van der Waals surface area contributed by atoms with Crippen LogP contribution in [-0.2, 0) is 4.74 Å². The van der Waals surface area contributed by atoms with Crippen molar-refractivity contribution in [2.24, 2.45) is 0 Å². The van der Waals surface area contributed by atoms with Gasteiger partial charge >= 0.3 is 5.30 Å². The van der Waals surface area contributed by atoms with Gasteiger partial charge in [-0.05, 0) is 19.1 Å². The highest BCUT2D eigenvalue weighted by Crippen LogP contribution is 2.24. The lowest BCUT2D eigenvalue weighted by Gasteiger charge is -1.95. The second-order valence-electron chi connectivity index (χ2n) is 3.30. The van der Waals surface area contributed by atoms with Crippen LogP contribution in [-0.4, -0.2) is 22.6 Å². The first-order chi connectivity index (χ1) is 8.19. The Kier molecular flexibility index (Phi) is 3.43. The fourth-order valence-electron chi connectivity index (χ4n) is 1.18. The summed E-state index contributed by atoms with van der Waals surface area (Å²) in [4.78, 5) is 11.0. The molecule has 2 aromatic rings. The number of aryl methyl sites for hydroxylation is 1. The fraction of sp³-hybridized carbons (Fsp3) is 0.182. The van der Waals surface area contributed by atoms with Crippen LogP contribution in [0.4, 0.5) is 4.79 Å². The summed E-state index contributed by atoms with van der Waals surface area (Å²) in [5, 5.41) is 7.30. The topological polar surface area (TPSA) is 65.2 Å². The van der Waals surface area contributed by atoms with Gasteiger partial charge in [0.25, 0.3) is 5.22 Å². The van der Waals surface area contributed by atoms with E-state index in [9.17, 15) is 4.79 Å². The van der Waals surface area contributed by atoms with E-state index in [1.54, 1.807) is 0 Å². The van der Waals surface area contributed by atoms with Crippen LogP contribution in [0.25, 0.3) is 11.5 Å². The van der Waals surface area contributed by atoms with E-state index in [1.807, 2.05) is 31.2 Å². The van der Waals surface area contributed by atoms with Crippen LogP contribution in [0.5, 0.6) is 0 Å². The van der Waals surface area contributed by atoms with Crippen LogP contribution < -0.4 is 0 Å². The zero-order valence-electron chi connectivity index (χ0n) is 9.34. The average Bonchev–Trinajstić information content (AvgIpc) is 2.78. The van der Waals surface area contributed by atoms with E-state index in [0.29, 0.717) is 5.89 Å². The van der Waals surface area contributed by atoms with E-state index in [2.05, 4.69) is 14.9 Å². The Morgan fingerprint density at radius 2 is 2.00 bits per heavy atom. The monoisotopic (exact) mass is 250 g/mol. The summed E-state index contributed by atoms with van der Waals surface area (Å²) in [6.45, 7) is 2.00. The molecule has 0 amide bonds. The first-order valence-electron chi connectivity index (χ1n) is 4.85. The van der Waals surface area contributed by atoms with Crippen LogP contribution in [0.3, 0.4) is 0 Å². The molecule has 0 atom stereocenters. The number of hydrogen-bond donors (Lipinski definition) is 0. The van der Waals surface area contributed by atoms with Crippen molar-refractivity contribution in [3.8, 4) is 11.5 Å². The predicted octanol–water partition coefficient (Wildman–Crippen LogP) is 2.90. The van der Waals surface area contributed by atoms with Crippen molar-refractivity contribution in [1.29, 1.82) is 0 Å². The third-order valence-electron chi connectivity index (χ3n) is 2.04. The van der Waals surface area contributed by atoms with Crippen molar-refractivity contribution < 1.29 is 13.9 Å². The minimum atomic E-state index is -0.482. The summed E-state index contributed by atoms with van der Waals surface area (Å²) in [6.07, 6.45) is 0. The predicted molar refractivity (Wildman–Crippen MR) is 62.7 cm³/mol. The second kappa shape index (κ2) is 5.01. The average molecular weight is 250 g/mol. The fourth-order valence-corrected chi connectivity index (χ4v) is 1.60. The van der Waals surface area contributed by atoms with Gasteiger partial charge in [-0.15, -0.1) is 10.2 Å². The maximum atomic E-state index is 11.0. The maximum Gasteiger partial charge on any atom is 0.376 e. The summed E-state index contributed by atoms with van der Waals surface area (Å²) in [5.74, 6) is 0.386. The number of carbonyl (C=O) groups is 1. The van der Waals surface area contributed by atoms with Gasteiger partial charge in [0.2, 0.25) is 5.89 Å². The highest BCUT2D eigenvalue weighted by molar-refractivity contribution is 8.13. The van der Waals surface area contributed by atoms with E-state index >= 15 is 0 Å². The third kappa shape index (κ3) is 2.85. The Bertz CT molecular complexity index is 522. The third-order valence-corrected chi connectivity index (χ3v) is 2.72. The van der Waals surface area contributed by atoms with Gasteiger partial charge in [0.05, 0.1) is 18.9 Å². The molecular weight excluding hydrogens is 240 g/mol. The molecule has 1 aromatic carbocycles. The van der Waals surface area contributed by atoms with E-state index < -0.39 is 5.30 Å². The van der Waals surface area contributed by atoms with Crippen LogP contribution in [0.15, 0.2) is 33.9 Å². The zero-order chi connectivity index (χ0) is 12.3. The largest absolute Gasteiger partial charge is 0.461 e. The molecule has 0 N–H and O–H groups in total. The molecule has 0 unspecified atom stereocenters. The van der Waals surface area contributed by atoms with E-state index in [1.165, 1.54) is 7.11 Å². The molecule has 88 valence electrons. The number of nitrogens with zero attached hydrogens (tertiary/aromatic N) is 2. The molecule has 0 aliphatic carbocycles. The minimum Gasteiger partial charge on any atom is -0.461 e. The molecule has 1 aromatic heterocycles. The van der Waals surface area contributed by atoms with Gasteiger partial charge < -0.3 is 9.15 Å². The first-order valence-corrected chi connectivity index (χ1v) is 5.67. The Balaban J connectivity index is 2.18. The van der Waals surface area contributed by atoms with Crippen molar-refractivity contribution in [3.05, 3.63) is 29.8 Å². The standard InChI is InChI=1S/C11H10N2O3S/c1-7-3-5-8(6-4-7)9-12-13-10(16-9)17-11(14)15-2/h3-6H,1-2H3. The minimum absolute atomic E-state index is 0.174. The molecular formula is C11H10N2O3S. The molecule has 2 rings (SSSR count). The number of thioether (sulfide) groups is 1. The highest BCUT2D eigenvalue weighted by Gasteiger charge is 2.13. The summed E-state index contributed by atoms with van der Waals surface area (Å²) in [5.41, 5.74) is 1.97. The lowest BCUT2D eigenvalue weighted by atomic mass is 10.1. The lowest BCUT2D eigenvalue weighted by molar-refractivity contribution is 0.200. The molecule has 1 heterocycles. The highest BCUT2D eigenvalue weighted by atomic mass is 32.2. The van der Waals surface area contributed by atoms with Crippen molar-refractivity contribution in [3.63, 3.8) is 0 Å². The number of benzene rings is 1. The number of rotatable bonds is 2. The first kappa shape index (κ1) is 11.7. The summed E-state index contributed by atoms with van der Waals surface area (Å²) < 4.78 is 9.80. The van der Waals surface area contributed by atoms with Crippen LogP contribution in [0, 0.1) is 6.92 Å². The molecule has 17 heavy (non-hydrogen) atoms. The second-order valence-corrected chi connectivity index (χ2v) is 4.18. The number of ether oxygens (including phenoxy) is 1. The molecule has 0 aliphatic heterocycles. The van der Waals surface area contributed by atoms with Crippen molar-refractivity contribution >= 4 is 17.1 Å². The van der Waals surface area contributed by atoms with Crippen LogP contribution in [0.2, 0.25) is 0 Å². The van der Waals surface area contributed by atoms with Gasteiger partial charge in [-0.3, -0.25) is 0 Å². The van der Waals surface area contributed by atoms with Gasteiger partial charge in [-0.1, -0.05) is 17.7 Å². The molecule has 0 saturated heterocycles. The van der Waals surface area contributed by atoms with Gasteiger partial charge in [-0.25, -0.2) is 4.79 Å². The molecule has 0 bridgehead atoms. The Morgan fingerprint density at radius 3 is 2.65 bits per heavy atom. The molecule has 5 nitrogen and oxygen atoms in total. The zero-order valence-corrected chi connectivity index (χ0v) is 10.2. The smallest absolute Gasteiger partial charge is 0.376 e. The number of methoxy groups -OCH3 is 1. The number of carbonyl (C=O) groups excluding carboxylic acids is 1. The Labute approximate surface area is 102 Å². The molecule has 0 fully saturated rings.